The first kappa shape index (κ1) is 25.5. The first-order valence-electron chi connectivity index (χ1n) is 13.3. The topological polar surface area (TPSA) is 65.5 Å². The molecular weight excluding hydrogens is 492 g/mol. The Bertz CT molecular complexity index is 1040. The van der Waals surface area contributed by atoms with Crippen molar-refractivity contribution in [2.75, 3.05) is 54.5 Å². The van der Waals surface area contributed by atoms with Gasteiger partial charge < -0.3 is 25.2 Å². The van der Waals surface area contributed by atoms with E-state index >= 15 is 0 Å². The number of nitrogens with one attached hydrogen (secondary N) is 2. The molecule has 0 aliphatic carbocycles. The van der Waals surface area contributed by atoms with Gasteiger partial charge in [0.2, 0.25) is 5.95 Å². The van der Waals surface area contributed by atoms with E-state index in [1.807, 2.05) is 12.1 Å². The lowest BCUT2D eigenvalue weighted by Crippen LogP contribution is -2.45. The Labute approximate surface area is 225 Å². The zero-order chi connectivity index (χ0) is 25.0. The van der Waals surface area contributed by atoms with Crippen LogP contribution in [0.1, 0.15) is 57.4 Å². The molecule has 36 heavy (non-hydrogen) atoms. The zero-order valence-corrected chi connectivity index (χ0v) is 22.7. The van der Waals surface area contributed by atoms with Crippen LogP contribution in [0.15, 0.2) is 30.3 Å². The summed E-state index contributed by atoms with van der Waals surface area (Å²) in [6.07, 6.45) is 7.96. The average Bonchev–Trinajstić information content (AvgIpc) is 3.44. The molecular formula is C27H37ClN6OS. The van der Waals surface area contributed by atoms with Crippen LogP contribution in [0.5, 0.6) is 0 Å². The van der Waals surface area contributed by atoms with E-state index in [9.17, 15) is 0 Å². The van der Waals surface area contributed by atoms with E-state index in [0.717, 1.165) is 62.3 Å². The van der Waals surface area contributed by atoms with E-state index in [0.29, 0.717) is 23.6 Å². The molecule has 9 heteroatoms. The molecule has 194 valence electrons. The summed E-state index contributed by atoms with van der Waals surface area (Å²) in [4.78, 5) is 14.6. The molecule has 1 aromatic heterocycles. The predicted octanol–water partition coefficient (Wildman–Crippen LogP) is 5.14. The van der Waals surface area contributed by atoms with Crippen LogP contribution in [-0.2, 0) is 10.2 Å². The lowest BCUT2D eigenvalue weighted by Gasteiger charge is -2.38. The van der Waals surface area contributed by atoms with Gasteiger partial charge in [-0.2, -0.15) is 9.97 Å². The Morgan fingerprint density at radius 2 is 1.75 bits per heavy atom. The van der Waals surface area contributed by atoms with E-state index in [-0.39, 0.29) is 5.41 Å². The number of ether oxygens (including phenoxy) is 1. The summed E-state index contributed by atoms with van der Waals surface area (Å²) in [7, 11) is 0. The summed E-state index contributed by atoms with van der Waals surface area (Å²) < 4.78 is 5.68. The SMILES string of the molecule is CC1CCCCN1c1cc(N2CCCC2)nc(NC(=S)NCC2(c3ccc(Cl)cc3)CCOCC2)n1. The highest BCUT2D eigenvalue weighted by Gasteiger charge is 2.34. The van der Waals surface area contributed by atoms with Gasteiger partial charge in [0.15, 0.2) is 5.11 Å². The maximum absolute atomic E-state index is 6.16. The highest BCUT2D eigenvalue weighted by molar-refractivity contribution is 7.80. The monoisotopic (exact) mass is 528 g/mol. The molecule has 7 nitrogen and oxygen atoms in total. The number of benzene rings is 1. The van der Waals surface area contributed by atoms with E-state index in [1.165, 1.54) is 37.7 Å². The molecule has 0 bridgehead atoms. The van der Waals surface area contributed by atoms with Gasteiger partial charge in [0.05, 0.1) is 0 Å². The minimum Gasteiger partial charge on any atom is -0.381 e. The van der Waals surface area contributed by atoms with Gasteiger partial charge in [0.1, 0.15) is 11.6 Å². The van der Waals surface area contributed by atoms with Crippen LogP contribution in [0.25, 0.3) is 0 Å². The number of hydrogen-bond acceptors (Lipinski definition) is 6. The van der Waals surface area contributed by atoms with Gasteiger partial charge in [-0.1, -0.05) is 23.7 Å². The number of piperidine rings is 1. The van der Waals surface area contributed by atoms with Crippen molar-refractivity contribution in [2.45, 2.75) is 63.3 Å². The quantitative estimate of drug-likeness (QED) is 0.499. The second kappa shape index (κ2) is 11.5. The maximum atomic E-state index is 6.16. The Morgan fingerprint density at radius 3 is 2.47 bits per heavy atom. The predicted molar refractivity (Wildman–Crippen MR) is 152 cm³/mol. The molecule has 3 fully saturated rings. The van der Waals surface area contributed by atoms with E-state index in [1.54, 1.807) is 0 Å². The Hall–Kier alpha value is -2.16. The van der Waals surface area contributed by atoms with Crippen molar-refractivity contribution in [3.05, 3.63) is 40.9 Å². The maximum Gasteiger partial charge on any atom is 0.232 e. The van der Waals surface area contributed by atoms with Crippen molar-refractivity contribution in [3.63, 3.8) is 0 Å². The summed E-state index contributed by atoms with van der Waals surface area (Å²) in [5.74, 6) is 2.55. The summed E-state index contributed by atoms with van der Waals surface area (Å²) in [5, 5.41) is 8.08. The van der Waals surface area contributed by atoms with Gasteiger partial charge in [-0.25, -0.2) is 0 Å². The van der Waals surface area contributed by atoms with E-state index in [4.69, 9.17) is 38.5 Å². The molecule has 2 aromatic rings. The van der Waals surface area contributed by atoms with Crippen molar-refractivity contribution in [2.24, 2.45) is 0 Å². The van der Waals surface area contributed by atoms with Gasteiger partial charge >= 0.3 is 0 Å². The third-order valence-electron chi connectivity index (χ3n) is 7.95. The number of nitrogens with zero attached hydrogens (tertiary/aromatic N) is 4. The molecule has 1 atom stereocenters. The van der Waals surface area contributed by atoms with Gasteiger partial charge in [-0.3, -0.25) is 0 Å². The van der Waals surface area contributed by atoms with Gasteiger partial charge in [-0.05, 0) is 81.8 Å². The number of hydrogen-bond donors (Lipinski definition) is 2. The van der Waals surface area contributed by atoms with Crippen molar-refractivity contribution in [3.8, 4) is 0 Å². The molecule has 0 radical (unpaired) electrons. The standard InChI is InChI=1S/C27H37ClN6OS/c1-20-6-2-3-15-34(20)24-18-23(33-13-4-5-14-33)30-25(31-24)32-26(36)29-19-27(11-16-35-17-12-27)21-7-9-22(28)10-8-21/h7-10,18,20H,2-6,11-17,19H2,1H3,(H2,29,30,31,32,36). The summed E-state index contributed by atoms with van der Waals surface area (Å²) >= 11 is 11.9. The number of aromatic nitrogens is 2. The molecule has 4 heterocycles. The zero-order valence-electron chi connectivity index (χ0n) is 21.1. The number of rotatable bonds is 6. The van der Waals surface area contributed by atoms with E-state index in [2.05, 4.69) is 45.6 Å². The second-order valence-corrected chi connectivity index (χ2v) is 11.2. The van der Waals surface area contributed by atoms with Crippen molar-refractivity contribution >= 4 is 46.5 Å². The van der Waals surface area contributed by atoms with Gasteiger partial charge in [0, 0.05) is 61.9 Å². The average molecular weight is 529 g/mol. The lowest BCUT2D eigenvalue weighted by molar-refractivity contribution is 0.0515. The Balaban J connectivity index is 1.32. The van der Waals surface area contributed by atoms with Crippen LogP contribution in [0, 0.1) is 0 Å². The summed E-state index contributed by atoms with van der Waals surface area (Å²) in [5.41, 5.74) is 1.21. The largest absolute Gasteiger partial charge is 0.381 e. The Kier molecular flexibility index (Phi) is 8.13. The molecule has 0 spiro atoms. The molecule has 0 amide bonds. The minimum atomic E-state index is -0.0543. The molecule has 0 saturated carbocycles. The van der Waals surface area contributed by atoms with Crippen molar-refractivity contribution in [1.82, 2.24) is 15.3 Å². The van der Waals surface area contributed by atoms with E-state index < -0.39 is 0 Å². The summed E-state index contributed by atoms with van der Waals surface area (Å²) in [6.45, 7) is 7.60. The molecule has 1 unspecified atom stereocenters. The molecule has 3 saturated heterocycles. The molecule has 5 rings (SSSR count). The lowest BCUT2D eigenvalue weighted by atomic mass is 9.74. The van der Waals surface area contributed by atoms with Gasteiger partial charge in [-0.15, -0.1) is 0 Å². The smallest absolute Gasteiger partial charge is 0.232 e. The summed E-state index contributed by atoms with van der Waals surface area (Å²) in [6, 6.07) is 10.8. The fourth-order valence-electron chi connectivity index (χ4n) is 5.70. The van der Waals surface area contributed by atoms with Crippen LogP contribution in [0.4, 0.5) is 17.6 Å². The van der Waals surface area contributed by atoms with Crippen LogP contribution in [-0.4, -0.2) is 60.5 Å². The fourth-order valence-corrected chi connectivity index (χ4v) is 5.99. The molecule has 3 aliphatic rings. The number of halogens is 1. The van der Waals surface area contributed by atoms with Crippen LogP contribution < -0.4 is 20.4 Å². The van der Waals surface area contributed by atoms with Crippen molar-refractivity contribution in [1.29, 1.82) is 0 Å². The fraction of sp³-hybridized carbons (Fsp3) is 0.593. The van der Waals surface area contributed by atoms with Crippen LogP contribution >= 0.6 is 23.8 Å². The normalized spacial score (nSPS) is 21.9. The first-order valence-corrected chi connectivity index (χ1v) is 14.1. The number of thiocarbonyl (C=S) groups is 1. The highest BCUT2D eigenvalue weighted by atomic mass is 35.5. The first-order chi connectivity index (χ1) is 17.5. The third-order valence-corrected chi connectivity index (χ3v) is 8.44. The molecule has 2 N–H and O–H groups in total. The second-order valence-electron chi connectivity index (χ2n) is 10.3. The van der Waals surface area contributed by atoms with Crippen LogP contribution in [0.2, 0.25) is 5.02 Å². The number of anilines is 3. The molecule has 1 aromatic carbocycles. The minimum absolute atomic E-state index is 0.0543. The van der Waals surface area contributed by atoms with Gasteiger partial charge in [0.25, 0.3) is 0 Å². The third kappa shape index (κ3) is 5.87. The highest BCUT2D eigenvalue weighted by Crippen LogP contribution is 2.35. The van der Waals surface area contributed by atoms with Crippen molar-refractivity contribution < 1.29 is 4.74 Å². The van der Waals surface area contributed by atoms with Crippen LogP contribution in [0.3, 0.4) is 0 Å². The Morgan fingerprint density at radius 1 is 1.06 bits per heavy atom. The molecule has 3 aliphatic heterocycles.